The minimum atomic E-state index is 0.289. The van der Waals surface area contributed by atoms with Crippen molar-refractivity contribution in [1.82, 2.24) is 4.90 Å². The molecule has 1 aliphatic heterocycles. The Morgan fingerprint density at radius 1 is 1.04 bits per heavy atom. The van der Waals surface area contributed by atoms with Gasteiger partial charge in [0.05, 0.1) is 7.11 Å². The van der Waals surface area contributed by atoms with Crippen LogP contribution >= 0.6 is 0 Å². The molecule has 0 radical (unpaired) electrons. The van der Waals surface area contributed by atoms with Gasteiger partial charge in [0.15, 0.2) is 0 Å². The van der Waals surface area contributed by atoms with E-state index in [0.29, 0.717) is 12.5 Å². The van der Waals surface area contributed by atoms with E-state index >= 15 is 0 Å². The van der Waals surface area contributed by atoms with E-state index < -0.39 is 0 Å². The quantitative estimate of drug-likeness (QED) is 0.944. The van der Waals surface area contributed by atoms with Crippen LogP contribution in [0.3, 0.4) is 0 Å². The zero-order chi connectivity index (χ0) is 16.6. The minimum Gasteiger partial charge on any atom is -0.496 e. The van der Waals surface area contributed by atoms with E-state index in [0.717, 1.165) is 12.3 Å². The Labute approximate surface area is 139 Å². The number of methoxy groups -OCH3 is 1. The second kappa shape index (κ2) is 6.34. The topological polar surface area (TPSA) is 38.5 Å². The summed E-state index contributed by atoms with van der Waals surface area (Å²) in [4.78, 5) is 2.37. The third kappa shape index (κ3) is 2.87. The van der Waals surface area contributed by atoms with Crippen molar-refractivity contribution in [3.05, 3.63) is 64.2 Å². The highest BCUT2D eigenvalue weighted by molar-refractivity contribution is 5.49. The monoisotopic (exact) mass is 310 g/mol. The lowest BCUT2D eigenvalue weighted by Gasteiger charge is -2.39. The molecule has 2 aromatic rings. The maximum Gasteiger partial charge on any atom is 0.122 e. The molecule has 1 heterocycles. The fraction of sp³-hybridized carbons (Fsp3) is 0.400. The summed E-state index contributed by atoms with van der Waals surface area (Å²) in [5.74, 6) is 1.28. The van der Waals surface area contributed by atoms with Gasteiger partial charge >= 0.3 is 0 Å². The number of likely N-dealkylation sites (N-methyl/N-ethyl adjacent to an activating group) is 1. The molecule has 0 bridgehead atoms. The molecule has 0 saturated heterocycles. The fourth-order valence-electron chi connectivity index (χ4n) is 3.75. The highest BCUT2D eigenvalue weighted by Gasteiger charge is 2.32. The first-order chi connectivity index (χ1) is 11.0. The first-order valence-electron chi connectivity index (χ1n) is 8.20. The average Bonchev–Trinajstić information content (AvgIpc) is 2.54. The first kappa shape index (κ1) is 16.0. The van der Waals surface area contributed by atoms with Gasteiger partial charge in [-0.3, -0.25) is 4.90 Å². The molecule has 0 aliphatic carbocycles. The van der Waals surface area contributed by atoms with Crippen LogP contribution < -0.4 is 10.5 Å². The Morgan fingerprint density at radius 2 is 1.70 bits per heavy atom. The molecule has 2 aromatic carbocycles. The molecule has 3 rings (SSSR count). The summed E-state index contributed by atoms with van der Waals surface area (Å²) in [6.45, 7) is 5.88. The lowest BCUT2D eigenvalue weighted by Crippen LogP contribution is -2.39. The van der Waals surface area contributed by atoms with Crippen LogP contribution in [0, 0.1) is 13.8 Å². The Balaban J connectivity index is 2.16. The van der Waals surface area contributed by atoms with Crippen molar-refractivity contribution < 1.29 is 4.74 Å². The predicted molar refractivity (Wildman–Crippen MR) is 95.2 cm³/mol. The molecule has 0 aromatic heterocycles. The van der Waals surface area contributed by atoms with Gasteiger partial charge in [0.1, 0.15) is 5.75 Å². The molecule has 0 fully saturated rings. The second-order valence-corrected chi connectivity index (χ2v) is 6.62. The Bertz CT molecular complexity index is 711. The summed E-state index contributed by atoms with van der Waals surface area (Å²) in [7, 11) is 3.91. The number of ether oxygens (including phenoxy) is 1. The number of aryl methyl sites for hydroxylation is 2. The molecule has 23 heavy (non-hydrogen) atoms. The lowest BCUT2D eigenvalue weighted by atomic mass is 9.80. The highest BCUT2D eigenvalue weighted by Crippen LogP contribution is 2.41. The highest BCUT2D eigenvalue weighted by atomic mass is 16.5. The van der Waals surface area contributed by atoms with Crippen molar-refractivity contribution in [2.45, 2.75) is 25.8 Å². The Morgan fingerprint density at radius 3 is 2.35 bits per heavy atom. The first-order valence-corrected chi connectivity index (χ1v) is 8.20. The van der Waals surface area contributed by atoms with E-state index in [-0.39, 0.29) is 6.04 Å². The summed E-state index contributed by atoms with van der Waals surface area (Å²) >= 11 is 0. The summed E-state index contributed by atoms with van der Waals surface area (Å²) in [6, 6.07) is 13.5. The molecule has 122 valence electrons. The van der Waals surface area contributed by atoms with Crippen molar-refractivity contribution in [2.24, 2.45) is 5.73 Å². The summed E-state index contributed by atoms with van der Waals surface area (Å²) < 4.78 is 5.64. The van der Waals surface area contributed by atoms with E-state index in [4.69, 9.17) is 10.5 Å². The molecule has 1 aliphatic rings. The Hall–Kier alpha value is -1.84. The van der Waals surface area contributed by atoms with Gasteiger partial charge in [-0.05, 0) is 38.1 Å². The maximum absolute atomic E-state index is 6.06. The van der Waals surface area contributed by atoms with Gasteiger partial charge in [0.2, 0.25) is 0 Å². The van der Waals surface area contributed by atoms with E-state index in [1.807, 2.05) is 0 Å². The number of rotatable bonds is 3. The van der Waals surface area contributed by atoms with Crippen molar-refractivity contribution in [1.29, 1.82) is 0 Å². The van der Waals surface area contributed by atoms with E-state index in [9.17, 15) is 0 Å². The number of hydrogen-bond acceptors (Lipinski definition) is 3. The van der Waals surface area contributed by atoms with Crippen LogP contribution in [-0.4, -0.2) is 32.1 Å². The van der Waals surface area contributed by atoms with Gasteiger partial charge in [0, 0.05) is 30.6 Å². The molecule has 0 amide bonds. The molecule has 0 saturated carbocycles. The van der Waals surface area contributed by atoms with E-state index in [2.05, 4.69) is 62.2 Å². The number of benzene rings is 2. The maximum atomic E-state index is 6.06. The number of nitrogens with zero attached hydrogens (tertiary/aromatic N) is 1. The van der Waals surface area contributed by atoms with Gasteiger partial charge in [-0.15, -0.1) is 0 Å². The van der Waals surface area contributed by atoms with Gasteiger partial charge in [-0.25, -0.2) is 0 Å². The second-order valence-electron chi connectivity index (χ2n) is 6.62. The zero-order valence-corrected chi connectivity index (χ0v) is 14.5. The fourth-order valence-corrected chi connectivity index (χ4v) is 3.75. The Kier molecular flexibility index (Phi) is 4.42. The summed E-state index contributed by atoms with van der Waals surface area (Å²) in [5.41, 5.74) is 12.6. The van der Waals surface area contributed by atoms with Crippen LogP contribution in [0.15, 0.2) is 36.4 Å². The minimum absolute atomic E-state index is 0.289. The molecule has 2 atom stereocenters. The third-order valence-corrected chi connectivity index (χ3v) is 4.96. The van der Waals surface area contributed by atoms with Gasteiger partial charge in [-0.2, -0.15) is 0 Å². The van der Waals surface area contributed by atoms with Crippen molar-refractivity contribution in [3.8, 4) is 5.75 Å². The SMILES string of the molecule is COc1ccc(C)cc1C1CN(C)C(CN)c2cc(C)ccc21. The van der Waals surface area contributed by atoms with Crippen molar-refractivity contribution in [2.75, 3.05) is 27.2 Å². The largest absolute Gasteiger partial charge is 0.496 e. The van der Waals surface area contributed by atoms with Crippen LogP contribution in [0.4, 0.5) is 0 Å². The van der Waals surface area contributed by atoms with Gasteiger partial charge in [-0.1, -0.05) is 41.5 Å². The van der Waals surface area contributed by atoms with Crippen molar-refractivity contribution in [3.63, 3.8) is 0 Å². The van der Waals surface area contributed by atoms with Crippen LogP contribution in [0.2, 0.25) is 0 Å². The van der Waals surface area contributed by atoms with E-state index in [1.54, 1.807) is 7.11 Å². The smallest absolute Gasteiger partial charge is 0.122 e. The van der Waals surface area contributed by atoms with E-state index in [1.165, 1.54) is 27.8 Å². The molecular weight excluding hydrogens is 284 g/mol. The molecule has 2 N–H and O–H groups in total. The average molecular weight is 310 g/mol. The van der Waals surface area contributed by atoms with Crippen LogP contribution in [0.5, 0.6) is 5.75 Å². The van der Waals surface area contributed by atoms with Crippen LogP contribution in [0.25, 0.3) is 0 Å². The number of fused-ring (bicyclic) bond motifs is 1. The predicted octanol–water partition coefficient (Wildman–Crippen LogP) is 3.39. The molecule has 2 unspecified atom stereocenters. The summed E-state index contributed by atoms with van der Waals surface area (Å²) in [6.07, 6.45) is 0. The standard InChI is InChI=1S/C20H26N2O/c1-13-5-7-15-16(9-13)19(11-21)22(3)12-18(15)17-10-14(2)6-8-20(17)23-4/h5-10,18-19H,11-12,21H2,1-4H3. The summed E-state index contributed by atoms with van der Waals surface area (Å²) in [5, 5.41) is 0. The molecule has 3 heteroatoms. The molecular formula is C20H26N2O. The number of nitrogens with two attached hydrogens (primary N) is 1. The van der Waals surface area contributed by atoms with Crippen LogP contribution in [-0.2, 0) is 0 Å². The van der Waals surface area contributed by atoms with Crippen LogP contribution in [0.1, 0.15) is 39.8 Å². The van der Waals surface area contributed by atoms with Crippen molar-refractivity contribution >= 4 is 0 Å². The lowest BCUT2D eigenvalue weighted by molar-refractivity contribution is 0.222. The number of hydrogen-bond donors (Lipinski definition) is 1. The van der Waals surface area contributed by atoms with Gasteiger partial charge < -0.3 is 10.5 Å². The zero-order valence-electron chi connectivity index (χ0n) is 14.5. The normalized spacial score (nSPS) is 21.1. The third-order valence-electron chi connectivity index (χ3n) is 4.96. The molecule has 3 nitrogen and oxygen atoms in total. The molecule has 0 spiro atoms. The van der Waals surface area contributed by atoms with Gasteiger partial charge in [0.25, 0.3) is 0 Å².